The second-order valence-corrected chi connectivity index (χ2v) is 6.42. The van der Waals surface area contributed by atoms with Crippen LogP contribution < -0.4 is 5.32 Å². The van der Waals surface area contributed by atoms with Gasteiger partial charge in [0.25, 0.3) is 0 Å². The fourth-order valence-corrected chi connectivity index (χ4v) is 3.88. The number of ether oxygens (including phenoxy) is 1. The average Bonchev–Trinajstić information content (AvgIpc) is 2.45. The molecule has 0 aromatic rings. The van der Waals surface area contributed by atoms with Crippen molar-refractivity contribution in [3.63, 3.8) is 0 Å². The van der Waals surface area contributed by atoms with Gasteiger partial charge in [0.1, 0.15) is 0 Å². The summed E-state index contributed by atoms with van der Waals surface area (Å²) in [6.07, 6.45) is 5.97. The number of likely N-dealkylation sites (N-methyl/N-ethyl adjacent to an activating group) is 2. The smallest absolute Gasteiger partial charge is 0.0857 e. The van der Waals surface area contributed by atoms with E-state index >= 15 is 0 Å². The summed E-state index contributed by atoms with van der Waals surface area (Å²) < 4.78 is 6.11. The van der Waals surface area contributed by atoms with Crippen molar-refractivity contribution in [2.24, 2.45) is 11.8 Å². The van der Waals surface area contributed by atoms with Gasteiger partial charge in [-0.25, -0.2) is 0 Å². The molecular formula is C16H32N2O. The number of hydrogen-bond donors (Lipinski definition) is 1. The molecule has 0 radical (unpaired) electrons. The molecule has 2 fully saturated rings. The fourth-order valence-electron chi connectivity index (χ4n) is 3.88. The molecular weight excluding hydrogens is 236 g/mol. The van der Waals surface area contributed by atoms with E-state index in [9.17, 15) is 0 Å². The molecule has 0 aromatic carbocycles. The molecule has 1 aliphatic heterocycles. The highest BCUT2D eigenvalue weighted by Crippen LogP contribution is 2.33. The lowest BCUT2D eigenvalue weighted by Crippen LogP contribution is -2.55. The lowest BCUT2D eigenvalue weighted by molar-refractivity contribution is -0.0592. The van der Waals surface area contributed by atoms with Crippen LogP contribution in [0.2, 0.25) is 0 Å². The molecule has 1 saturated heterocycles. The summed E-state index contributed by atoms with van der Waals surface area (Å²) in [7, 11) is 0. The summed E-state index contributed by atoms with van der Waals surface area (Å²) in [4.78, 5) is 2.53. The molecule has 2 aliphatic rings. The van der Waals surface area contributed by atoms with Crippen LogP contribution in [0.4, 0.5) is 0 Å². The molecule has 1 aliphatic carbocycles. The zero-order chi connectivity index (χ0) is 13.7. The lowest BCUT2D eigenvalue weighted by atomic mass is 9.77. The number of nitrogens with zero attached hydrogens (tertiary/aromatic N) is 1. The SMILES string of the molecule is CCNC(C1CCCC(C)C1)C1CN(CC)CCO1. The van der Waals surface area contributed by atoms with Gasteiger partial charge >= 0.3 is 0 Å². The third-order valence-electron chi connectivity index (χ3n) is 4.95. The Hall–Kier alpha value is -0.120. The van der Waals surface area contributed by atoms with Gasteiger partial charge in [0.2, 0.25) is 0 Å². The zero-order valence-corrected chi connectivity index (χ0v) is 13.0. The first-order valence-electron chi connectivity index (χ1n) is 8.31. The molecule has 0 amide bonds. The van der Waals surface area contributed by atoms with Crippen LogP contribution in [-0.4, -0.2) is 49.8 Å². The Bertz CT molecular complexity index is 259. The molecule has 0 spiro atoms. The Labute approximate surface area is 119 Å². The molecule has 0 bridgehead atoms. The van der Waals surface area contributed by atoms with Crippen molar-refractivity contribution >= 4 is 0 Å². The minimum absolute atomic E-state index is 0.393. The molecule has 4 atom stereocenters. The van der Waals surface area contributed by atoms with Crippen LogP contribution in [-0.2, 0) is 4.74 Å². The summed E-state index contributed by atoms with van der Waals surface area (Å²) in [5.41, 5.74) is 0. The van der Waals surface area contributed by atoms with E-state index in [0.717, 1.165) is 44.6 Å². The second kappa shape index (κ2) is 7.61. The monoisotopic (exact) mass is 268 g/mol. The van der Waals surface area contributed by atoms with Crippen molar-refractivity contribution in [1.82, 2.24) is 10.2 Å². The quantitative estimate of drug-likeness (QED) is 0.829. The second-order valence-electron chi connectivity index (χ2n) is 6.42. The summed E-state index contributed by atoms with van der Waals surface area (Å²) >= 11 is 0. The molecule has 4 unspecified atom stereocenters. The van der Waals surface area contributed by atoms with Gasteiger partial charge in [-0.2, -0.15) is 0 Å². The third-order valence-corrected chi connectivity index (χ3v) is 4.95. The minimum Gasteiger partial charge on any atom is -0.374 e. The molecule has 19 heavy (non-hydrogen) atoms. The van der Waals surface area contributed by atoms with Gasteiger partial charge in [-0.3, -0.25) is 4.90 Å². The maximum absolute atomic E-state index is 6.11. The largest absolute Gasteiger partial charge is 0.374 e. The van der Waals surface area contributed by atoms with Gasteiger partial charge in [-0.05, 0) is 37.8 Å². The van der Waals surface area contributed by atoms with Gasteiger partial charge in [0, 0.05) is 19.1 Å². The topological polar surface area (TPSA) is 24.5 Å². The predicted octanol–water partition coefficient (Wildman–Crippen LogP) is 2.51. The van der Waals surface area contributed by atoms with Gasteiger partial charge in [-0.1, -0.05) is 33.6 Å². The highest BCUT2D eigenvalue weighted by molar-refractivity contribution is 4.90. The molecule has 1 heterocycles. The molecule has 1 N–H and O–H groups in total. The van der Waals surface area contributed by atoms with Crippen molar-refractivity contribution in [1.29, 1.82) is 0 Å². The summed E-state index contributed by atoms with van der Waals surface area (Å²) in [6.45, 7) is 12.2. The van der Waals surface area contributed by atoms with Crippen LogP contribution in [0.1, 0.15) is 46.5 Å². The molecule has 1 saturated carbocycles. The fraction of sp³-hybridized carbons (Fsp3) is 1.00. The first kappa shape index (κ1) is 15.3. The van der Waals surface area contributed by atoms with Crippen LogP contribution in [0.3, 0.4) is 0 Å². The summed E-state index contributed by atoms with van der Waals surface area (Å²) in [5, 5.41) is 3.74. The molecule has 2 rings (SSSR count). The van der Waals surface area contributed by atoms with E-state index < -0.39 is 0 Å². The van der Waals surface area contributed by atoms with Crippen molar-refractivity contribution in [2.75, 3.05) is 32.8 Å². The van der Waals surface area contributed by atoms with Crippen LogP contribution in [0, 0.1) is 11.8 Å². The van der Waals surface area contributed by atoms with E-state index in [4.69, 9.17) is 4.74 Å². The number of nitrogens with one attached hydrogen (secondary N) is 1. The van der Waals surface area contributed by atoms with Crippen LogP contribution >= 0.6 is 0 Å². The molecule has 0 aromatic heterocycles. The predicted molar refractivity (Wildman–Crippen MR) is 80.4 cm³/mol. The van der Waals surface area contributed by atoms with Crippen molar-refractivity contribution in [3.05, 3.63) is 0 Å². The van der Waals surface area contributed by atoms with E-state index in [1.807, 2.05) is 0 Å². The van der Waals surface area contributed by atoms with E-state index in [-0.39, 0.29) is 0 Å². The van der Waals surface area contributed by atoms with Gasteiger partial charge in [-0.15, -0.1) is 0 Å². The first-order chi connectivity index (χ1) is 9.24. The summed E-state index contributed by atoms with van der Waals surface area (Å²) in [6, 6.07) is 0.557. The standard InChI is InChI=1S/C16H32N2O/c1-4-17-16(14-8-6-7-13(3)11-14)15-12-18(5-2)9-10-19-15/h13-17H,4-12H2,1-3H3. The van der Waals surface area contributed by atoms with Crippen LogP contribution in [0.25, 0.3) is 0 Å². The molecule has 3 nitrogen and oxygen atoms in total. The maximum Gasteiger partial charge on any atom is 0.0857 e. The molecule has 3 heteroatoms. The highest BCUT2D eigenvalue weighted by atomic mass is 16.5. The van der Waals surface area contributed by atoms with Crippen LogP contribution in [0.15, 0.2) is 0 Å². The normalized spacial score (nSPS) is 35.2. The van der Waals surface area contributed by atoms with Crippen molar-refractivity contribution in [3.8, 4) is 0 Å². The zero-order valence-electron chi connectivity index (χ0n) is 13.0. The molecule has 112 valence electrons. The lowest BCUT2D eigenvalue weighted by Gasteiger charge is -2.42. The van der Waals surface area contributed by atoms with Gasteiger partial charge in [0.15, 0.2) is 0 Å². The van der Waals surface area contributed by atoms with Gasteiger partial charge < -0.3 is 10.1 Å². The van der Waals surface area contributed by atoms with E-state index in [1.54, 1.807) is 0 Å². The van der Waals surface area contributed by atoms with E-state index in [0.29, 0.717) is 12.1 Å². The summed E-state index contributed by atoms with van der Waals surface area (Å²) in [5.74, 6) is 1.70. The Kier molecular flexibility index (Phi) is 6.11. The maximum atomic E-state index is 6.11. The number of morpholine rings is 1. The van der Waals surface area contributed by atoms with Crippen molar-refractivity contribution in [2.45, 2.75) is 58.6 Å². The van der Waals surface area contributed by atoms with Crippen molar-refractivity contribution < 1.29 is 4.74 Å². The Balaban J connectivity index is 1.97. The number of rotatable bonds is 5. The third kappa shape index (κ3) is 4.17. The first-order valence-corrected chi connectivity index (χ1v) is 8.31. The Morgan fingerprint density at radius 1 is 1.32 bits per heavy atom. The van der Waals surface area contributed by atoms with E-state index in [2.05, 4.69) is 31.0 Å². The van der Waals surface area contributed by atoms with E-state index in [1.165, 1.54) is 25.7 Å². The minimum atomic E-state index is 0.393. The van der Waals surface area contributed by atoms with Crippen LogP contribution in [0.5, 0.6) is 0 Å². The Morgan fingerprint density at radius 3 is 2.84 bits per heavy atom. The average molecular weight is 268 g/mol. The Morgan fingerprint density at radius 2 is 2.16 bits per heavy atom. The van der Waals surface area contributed by atoms with Gasteiger partial charge in [0.05, 0.1) is 12.7 Å². The number of hydrogen-bond acceptors (Lipinski definition) is 3. The highest BCUT2D eigenvalue weighted by Gasteiger charge is 2.34.